The number of benzene rings is 3. The molecular formula is C22H20O2. The second kappa shape index (κ2) is 6.14. The minimum Gasteiger partial charge on any atom is -0.491 e. The van der Waals surface area contributed by atoms with Crippen LogP contribution < -0.4 is 4.74 Å². The van der Waals surface area contributed by atoms with E-state index in [2.05, 4.69) is 61.5 Å². The summed E-state index contributed by atoms with van der Waals surface area (Å²) in [6.45, 7) is 2.39. The van der Waals surface area contributed by atoms with Gasteiger partial charge in [-0.25, -0.2) is 0 Å². The molecule has 0 aliphatic heterocycles. The highest BCUT2D eigenvalue weighted by Crippen LogP contribution is 2.43. The third-order valence-electron chi connectivity index (χ3n) is 4.63. The van der Waals surface area contributed by atoms with Gasteiger partial charge in [0.1, 0.15) is 12.4 Å². The minimum absolute atomic E-state index is 0.0196. The van der Waals surface area contributed by atoms with Gasteiger partial charge >= 0.3 is 0 Å². The van der Waals surface area contributed by atoms with Crippen LogP contribution in [0, 0.1) is 6.92 Å². The van der Waals surface area contributed by atoms with Gasteiger partial charge in [0.2, 0.25) is 0 Å². The molecule has 0 aromatic heterocycles. The Bertz CT molecular complexity index is 896. The van der Waals surface area contributed by atoms with E-state index in [1.54, 1.807) is 0 Å². The molecule has 3 aromatic carbocycles. The zero-order valence-electron chi connectivity index (χ0n) is 13.8. The van der Waals surface area contributed by atoms with Crippen LogP contribution in [0.25, 0.3) is 22.3 Å². The van der Waals surface area contributed by atoms with Gasteiger partial charge in [-0.15, -0.1) is 0 Å². The molecule has 0 heterocycles. The molecular weight excluding hydrogens is 296 g/mol. The summed E-state index contributed by atoms with van der Waals surface area (Å²) in [4.78, 5) is 0. The lowest BCUT2D eigenvalue weighted by Crippen LogP contribution is -2.03. The smallest absolute Gasteiger partial charge is 0.127 e. The maximum absolute atomic E-state index is 9.11. The van der Waals surface area contributed by atoms with Crippen molar-refractivity contribution < 1.29 is 9.84 Å². The van der Waals surface area contributed by atoms with Crippen LogP contribution in [-0.2, 0) is 6.42 Å². The Kier molecular flexibility index (Phi) is 3.83. The van der Waals surface area contributed by atoms with Crippen molar-refractivity contribution in [3.63, 3.8) is 0 Å². The SMILES string of the molecule is Cc1ccc(-c2cccc3c2Cc2ccccc2-3)c(OCCO)c1. The first-order valence-corrected chi connectivity index (χ1v) is 8.33. The number of fused-ring (bicyclic) bond motifs is 3. The minimum atomic E-state index is 0.0196. The molecule has 0 fully saturated rings. The lowest BCUT2D eigenvalue weighted by atomic mass is 9.94. The molecule has 0 saturated heterocycles. The molecule has 1 aliphatic carbocycles. The van der Waals surface area contributed by atoms with Crippen LogP contribution in [0.3, 0.4) is 0 Å². The van der Waals surface area contributed by atoms with Gasteiger partial charge in [0.15, 0.2) is 0 Å². The first-order valence-electron chi connectivity index (χ1n) is 8.33. The molecule has 2 nitrogen and oxygen atoms in total. The Balaban J connectivity index is 1.85. The van der Waals surface area contributed by atoms with Crippen LogP contribution in [0.2, 0.25) is 0 Å². The second-order valence-corrected chi connectivity index (χ2v) is 6.24. The Morgan fingerprint density at radius 2 is 1.62 bits per heavy atom. The molecule has 0 saturated carbocycles. The number of rotatable bonds is 4. The zero-order chi connectivity index (χ0) is 16.5. The van der Waals surface area contributed by atoms with Crippen LogP contribution >= 0.6 is 0 Å². The van der Waals surface area contributed by atoms with Crippen LogP contribution in [0.1, 0.15) is 16.7 Å². The third kappa shape index (κ3) is 2.49. The first kappa shape index (κ1) is 15.0. The average molecular weight is 316 g/mol. The largest absolute Gasteiger partial charge is 0.491 e. The summed E-state index contributed by atoms with van der Waals surface area (Å²) in [7, 11) is 0. The predicted octanol–water partition coefficient (Wildman–Crippen LogP) is 4.60. The molecule has 1 aliphatic rings. The van der Waals surface area contributed by atoms with E-state index >= 15 is 0 Å². The van der Waals surface area contributed by atoms with Crippen LogP contribution in [0.4, 0.5) is 0 Å². The van der Waals surface area contributed by atoms with Crippen molar-refractivity contribution in [1.82, 2.24) is 0 Å². The van der Waals surface area contributed by atoms with E-state index < -0.39 is 0 Å². The van der Waals surface area contributed by atoms with E-state index in [-0.39, 0.29) is 6.61 Å². The van der Waals surface area contributed by atoms with Gasteiger partial charge in [-0.05, 0) is 52.8 Å². The van der Waals surface area contributed by atoms with E-state index in [1.807, 2.05) is 6.07 Å². The molecule has 3 aromatic rings. The number of aryl methyl sites for hydroxylation is 1. The Morgan fingerprint density at radius 3 is 2.46 bits per heavy atom. The fourth-order valence-electron chi connectivity index (χ4n) is 3.54. The fraction of sp³-hybridized carbons (Fsp3) is 0.182. The molecule has 24 heavy (non-hydrogen) atoms. The second-order valence-electron chi connectivity index (χ2n) is 6.24. The van der Waals surface area contributed by atoms with E-state index in [4.69, 9.17) is 9.84 Å². The molecule has 0 radical (unpaired) electrons. The van der Waals surface area contributed by atoms with Crippen molar-refractivity contribution in [2.24, 2.45) is 0 Å². The molecule has 120 valence electrons. The Labute approximate surface area is 142 Å². The summed E-state index contributed by atoms with van der Waals surface area (Å²) < 4.78 is 5.81. The predicted molar refractivity (Wildman–Crippen MR) is 97.4 cm³/mol. The summed E-state index contributed by atoms with van der Waals surface area (Å²) in [6, 6.07) is 21.4. The topological polar surface area (TPSA) is 29.5 Å². The normalized spacial score (nSPS) is 11.9. The summed E-state index contributed by atoms with van der Waals surface area (Å²) in [5, 5.41) is 9.11. The van der Waals surface area contributed by atoms with E-state index in [9.17, 15) is 0 Å². The maximum Gasteiger partial charge on any atom is 0.127 e. The third-order valence-corrected chi connectivity index (χ3v) is 4.63. The first-order chi connectivity index (χ1) is 11.8. The molecule has 0 bridgehead atoms. The molecule has 0 atom stereocenters. The Morgan fingerprint density at radius 1 is 0.875 bits per heavy atom. The molecule has 0 spiro atoms. The average Bonchev–Trinajstić information content (AvgIpc) is 2.99. The van der Waals surface area contributed by atoms with E-state index in [0.29, 0.717) is 6.61 Å². The van der Waals surface area contributed by atoms with Crippen molar-refractivity contribution in [3.05, 3.63) is 77.4 Å². The standard InChI is InChI=1S/C22H20O2/c1-15-9-10-20(22(13-15)24-12-11-23)19-8-4-7-18-17-6-3-2-5-16(17)14-21(18)19/h2-10,13,23H,11-12,14H2,1H3. The summed E-state index contributed by atoms with van der Waals surface area (Å²) in [6.07, 6.45) is 0.953. The zero-order valence-corrected chi connectivity index (χ0v) is 13.8. The van der Waals surface area contributed by atoms with Crippen molar-refractivity contribution in [2.75, 3.05) is 13.2 Å². The molecule has 2 heteroatoms. The van der Waals surface area contributed by atoms with Crippen LogP contribution in [0.5, 0.6) is 5.75 Å². The monoisotopic (exact) mass is 316 g/mol. The van der Waals surface area contributed by atoms with Gasteiger partial charge in [0.25, 0.3) is 0 Å². The van der Waals surface area contributed by atoms with Crippen LogP contribution in [0.15, 0.2) is 60.7 Å². The summed E-state index contributed by atoms with van der Waals surface area (Å²) in [5.74, 6) is 0.841. The fourth-order valence-corrected chi connectivity index (χ4v) is 3.54. The van der Waals surface area contributed by atoms with Gasteiger partial charge in [0.05, 0.1) is 6.61 Å². The van der Waals surface area contributed by atoms with Gasteiger partial charge in [-0.1, -0.05) is 54.6 Å². The number of ether oxygens (including phenoxy) is 1. The molecule has 0 unspecified atom stereocenters. The lowest BCUT2D eigenvalue weighted by molar-refractivity contribution is 0.202. The number of aliphatic hydroxyl groups is 1. The lowest BCUT2D eigenvalue weighted by Gasteiger charge is -2.15. The maximum atomic E-state index is 9.11. The van der Waals surface area contributed by atoms with Crippen molar-refractivity contribution in [2.45, 2.75) is 13.3 Å². The van der Waals surface area contributed by atoms with Gasteiger partial charge in [0, 0.05) is 5.56 Å². The quantitative estimate of drug-likeness (QED) is 0.596. The van der Waals surface area contributed by atoms with Gasteiger partial charge in [-0.2, -0.15) is 0 Å². The van der Waals surface area contributed by atoms with Crippen molar-refractivity contribution >= 4 is 0 Å². The highest BCUT2D eigenvalue weighted by atomic mass is 16.5. The van der Waals surface area contributed by atoms with E-state index in [1.165, 1.54) is 27.8 Å². The molecule has 4 rings (SSSR count). The van der Waals surface area contributed by atoms with Crippen LogP contribution in [-0.4, -0.2) is 18.3 Å². The van der Waals surface area contributed by atoms with E-state index in [0.717, 1.165) is 23.3 Å². The number of aliphatic hydroxyl groups excluding tert-OH is 1. The number of hydrogen-bond donors (Lipinski definition) is 1. The summed E-state index contributed by atoms with van der Waals surface area (Å²) in [5.41, 5.74) is 8.86. The Hall–Kier alpha value is -2.58. The van der Waals surface area contributed by atoms with Gasteiger partial charge in [-0.3, -0.25) is 0 Å². The molecule has 1 N–H and O–H groups in total. The highest BCUT2D eigenvalue weighted by molar-refractivity contribution is 5.86. The van der Waals surface area contributed by atoms with Gasteiger partial charge < -0.3 is 9.84 Å². The molecule has 0 amide bonds. The highest BCUT2D eigenvalue weighted by Gasteiger charge is 2.22. The number of hydrogen-bond acceptors (Lipinski definition) is 2. The van der Waals surface area contributed by atoms with Crippen molar-refractivity contribution in [1.29, 1.82) is 0 Å². The van der Waals surface area contributed by atoms with Crippen molar-refractivity contribution in [3.8, 4) is 28.0 Å². The summed E-state index contributed by atoms with van der Waals surface area (Å²) >= 11 is 0.